The fourth-order valence-electron chi connectivity index (χ4n) is 1.82. The minimum Gasteiger partial charge on any atom is -0.379 e. The molecule has 0 amide bonds. The van der Waals surface area contributed by atoms with Gasteiger partial charge in [0.2, 0.25) is 6.08 Å². The lowest BCUT2D eigenvalue weighted by molar-refractivity contribution is 0.0256. The molecule has 0 saturated heterocycles. The van der Waals surface area contributed by atoms with E-state index in [1.54, 1.807) is 6.08 Å². The summed E-state index contributed by atoms with van der Waals surface area (Å²) in [5, 5.41) is 0.180. The van der Waals surface area contributed by atoms with Crippen molar-refractivity contribution in [2.75, 3.05) is 6.61 Å². The van der Waals surface area contributed by atoms with Crippen LogP contribution in [0.5, 0.6) is 0 Å². The molecule has 19 heavy (non-hydrogen) atoms. The van der Waals surface area contributed by atoms with Crippen molar-refractivity contribution in [3.05, 3.63) is 0 Å². The molecule has 0 unspecified atom stereocenters. The number of carbonyl (C=O) groups excluding carboxylic acids is 1. The summed E-state index contributed by atoms with van der Waals surface area (Å²) < 4.78 is 6.17. The molecule has 0 aliphatic rings. The summed E-state index contributed by atoms with van der Waals surface area (Å²) in [5.74, 6) is 0. The van der Waals surface area contributed by atoms with E-state index in [0.29, 0.717) is 6.61 Å². The van der Waals surface area contributed by atoms with Crippen LogP contribution in [0.1, 0.15) is 54.9 Å². The summed E-state index contributed by atoms with van der Waals surface area (Å²) in [4.78, 5) is 14.2. The van der Waals surface area contributed by atoms with Crippen molar-refractivity contribution >= 4 is 14.2 Å². The Bertz CT molecular complexity index is 348. The van der Waals surface area contributed by atoms with Crippen LogP contribution in [0.25, 0.3) is 0 Å². The van der Waals surface area contributed by atoms with Gasteiger partial charge in [-0.25, -0.2) is 4.79 Å². The minimum atomic E-state index is -1.58. The molecule has 0 spiro atoms. The van der Waals surface area contributed by atoms with E-state index in [1.165, 1.54) is 0 Å². The van der Waals surface area contributed by atoms with Crippen molar-refractivity contribution < 1.29 is 9.53 Å². The van der Waals surface area contributed by atoms with E-state index in [1.807, 2.05) is 13.8 Å². The van der Waals surface area contributed by atoms with E-state index in [-0.39, 0.29) is 15.8 Å². The molecule has 0 N–H and O–H groups in total. The molecule has 0 atom stereocenters. The average molecular weight is 286 g/mol. The Morgan fingerprint density at radius 2 is 1.53 bits per heavy atom. The van der Waals surface area contributed by atoms with Crippen molar-refractivity contribution in [2.24, 2.45) is 4.99 Å². The van der Waals surface area contributed by atoms with Gasteiger partial charge >= 0.3 is 0 Å². The van der Waals surface area contributed by atoms with Crippen LogP contribution in [0.4, 0.5) is 0 Å². The van der Waals surface area contributed by atoms with Gasteiger partial charge in [-0.2, -0.15) is 4.99 Å². The Balaban J connectivity index is 4.69. The molecule has 0 aliphatic carbocycles. The van der Waals surface area contributed by atoms with Crippen molar-refractivity contribution in [3.63, 3.8) is 0 Å². The summed E-state index contributed by atoms with van der Waals surface area (Å²) >= 11 is 0. The zero-order valence-corrected chi connectivity index (χ0v) is 15.2. The van der Waals surface area contributed by atoms with E-state index >= 15 is 0 Å². The molecule has 0 fully saturated rings. The monoisotopic (exact) mass is 285 g/mol. The first-order chi connectivity index (χ1) is 8.27. The first kappa shape index (κ1) is 18.6. The normalized spacial score (nSPS) is 14.2. The number of hydrogen-bond acceptors (Lipinski definition) is 3. The Morgan fingerprint density at radius 3 is 1.89 bits per heavy atom. The highest BCUT2D eigenvalue weighted by atomic mass is 28.3. The van der Waals surface area contributed by atoms with Gasteiger partial charge in [-0.15, -0.1) is 0 Å². The van der Waals surface area contributed by atoms with Crippen molar-refractivity contribution in [3.8, 4) is 0 Å². The standard InChI is InChI=1S/C15H31NO2Si/c1-13(2,3)19(8,9)15(6,7)18-11-10-14(4,5)16-12-17/h10-11H2,1-9H3. The predicted octanol–water partition coefficient (Wildman–Crippen LogP) is 4.33. The molecule has 0 aromatic heterocycles. The Kier molecular flexibility index (Phi) is 5.76. The van der Waals surface area contributed by atoms with Crippen LogP contribution in [0.15, 0.2) is 4.99 Å². The fraction of sp³-hybridized carbons (Fsp3) is 0.933. The third kappa shape index (κ3) is 4.86. The van der Waals surface area contributed by atoms with Gasteiger partial charge in [0.05, 0.1) is 18.8 Å². The molecule has 0 saturated carbocycles. The summed E-state index contributed by atoms with van der Waals surface area (Å²) in [5.41, 5.74) is -0.384. The number of aliphatic imine (C=N–C) groups is 1. The van der Waals surface area contributed by atoms with Crippen molar-refractivity contribution in [1.29, 1.82) is 0 Å². The highest BCUT2D eigenvalue weighted by Crippen LogP contribution is 2.44. The second-order valence-electron chi connectivity index (χ2n) is 8.00. The lowest BCUT2D eigenvalue weighted by Gasteiger charge is -2.48. The molecule has 3 nitrogen and oxygen atoms in total. The average Bonchev–Trinajstić information content (AvgIpc) is 2.14. The van der Waals surface area contributed by atoms with Crippen LogP contribution in [-0.4, -0.2) is 31.5 Å². The van der Waals surface area contributed by atoms with Crippen LogP contribution < -0.4 is 0 Å². The molecule has 0 rings (SSSR count). The second-order valence-corrected chi connectivity index (χ2v) is 14.0. The summed E-state index contributed by atoms with van der Waals surface area (Å²) in [6.45, 7) is 20.5. The van der Waals surface area contributed by atoms with Gasteiger partial charge in [-0.05, 0) is 39.2 Å². The number of hydrogen-bond donors (Lipinski definition) is 0. The van der Waals surface area contributed by atoms with Gasteiger partial charge in [-0.3, -0.25) is 0 Å². The predicted molar refractivity (Wildman–Crippen MR) is 84.0 cm³/mol. The van der Waals surface area contributed by atoms with E-state index in [4.69, 9.17) is 4.74 Å². The first-order valence-electron chi connectivity index (χ1n) is 7.00. The van der Waals surface area contributed by atoms with Crippen LogP contribution in [-0.2, 0) is 9.53 Å². The van der Waals surface area contributed by atoms with Crippen molar-refractivity contribution in [2.45, 2.75) is 83.8 Å². The number of nitrogens with zero attached hydrogens (tertiary/aromatic N) is 1. The zero-order chi connectivity index (χ0) is 15.5. The number of rotatable bonds is 6. The summed E-state index contributed by atoms with van der Waals surface area (Å²) in [6, 6.07) is 0. The quantitative estimate of drug-likeness (QED) is 0.414. The molecular formula is C15H31NO2Si. The van der Waals surface area contributed by atoms with Crippen molar-refractivity contribution in [1.82, 2.24) is 0 Å². The maximum Gasteiger partial charge on any atom is 0.235 e. The van der Waals surface area contributed by atoms with Crippen LogP contribution >= 0.6 is 0 Å². The summed E-state index contributed by atoms with van der Waals surface area (Å²) in [7, 11) is -1.58. The number of ether oxygens (including phenoxy) is 1. The largest absolute Gasteiger partial charge is 0.379 e. The molecule has 0 heterocycles. The molecule has 0 aliphatic heterocycles. The fourth-order valence-corrected chi connectivity index (χ4v) is 4.09. The van der Waals surface area contributed by atoms with Crippen LogP contribution in [0.2, 0.25) is 18.1 Å². The van der Waals surface area contributed by atoms with E-state index in [9.17, 15) is 4.79 Å². The SMILES string of the molecule is CC(C)(CCOC(C)(C)[Si](C)(C)C(C)(C)C)N=C=O. The first-order valence-corrected chi connectivity index (χ1v) is 10.00. The highest BCUT2D eigenvalue weighted by Gasteiger charge is 2.48. The van der Waals surface area contributed by atoms with Gasteiger partial charge in [-0.1, -0.05) is 33.9 Å². The maximum absolute atomic E-state index is 10.3. The van der Waals surface area contributed by atoms with E-state index < -0.39 is 8.07 Å². The molecule has 0 radical (unpaired) electrons. The minimum absolute atomic E-state index is 0.105. The lowest BCUT2D eigenvalue weighted by Crippen LogP contribution is -2.57. The Labute approximate surface area is 119 Å². The lowest BCUT2D eigenvalue weighted by atomic mass is 10.0. The second kappa shape index (κ2) is 5.90. The van der Waals surface area contributed by atoms with Gasteiger partial charge in [0.1, 0.15) is 0 Å². The third-order valence-corrected chi connectivity index (χ3v) is 11.8. The molecule has 112 valence electrons. The molecule has 4 heteroatoms. The maximum atomic E-state index is 10.3. The zero-order valence-electron chi connectivity index (χ0n) is 14.2. The van der Waals surface area contributed by atoms with Crippen LogP contribution in [0.3, 0.4) is 0 Å². The molecule has 0 aromatic rings. The van der Waals surface area contributed by atoms with Gasteiger partial charge in [0.25, 0.3) is 0 Å². The Hall–Kier alpha value is -0.443. The topological polar surface area (TPSA) is 38.7 Å². The Morgan fingerprint density at radius 1 is 1.05 bits per heavy atom. The van der Waals surface area contributed by atoms with Crippen LogP contribution in [0, 0.1) is 0 Å². The number of isocyanates is 1. The molecule has 0 aromatic carbocycles. The summed E-state index contributed by atoms with van der Waals surface area (Å²) in [6.07, 6.45) is 2.37. The smallest absolute Gasteiger partial charge is 0.235 e. The van der Waals surface area contributed by atoms with E-state index in [2.05, 4.69) is 52.7 Å². The van der Waals surface area contributed by atoms with Gasteiger partial charge in [0.15, 0.2) is 0 Å². The third-order valence-electron chi connectivity index (χ3n) is 4.91. The molecule has 0 bridgehead atoms. The van der Waals surface area contributed by atoms with E-state index in [0.717, 1.165) is 6.42 Å². The molecular weight excluding hydrogens is 254 g/mol. The van der Waals surface area contributed by atoms with Gasteiger partial charge in [0, 0.05) is 6.61 Å². The van der Waals surface area contributed by atoms with Gasteiger partial charge < -0.3 is 4.74 Å². The highest BCUT2D eigenvalue weighted by molar-refractivity contribution is 6.82.